The molecule has 0 amide bonds. The summed E-state index contributed by atoms with van der Waals surface area (Å²) in [5, 5.41) is 4.16. The highest BCUT2D eigenvalue weighted by Gasteiger charge is 2.41. The van der Waals surface area contributed by atoms with E-state index < -0.39 is 0 Å². The molecule has 192 valence electrons. The number of aromatic nitrogens is 1. The van der Waals surface area contributed by atoms with Crippen LogP contribution >= 0.6 is 0 Å². The average Bonchev–Trinajstić information content (AvgIpc) is 3.27. The second-order valence-electron chi connectivity index (χ2n) is 10.7. The number of H-pyrrole nitrogens is 1. The number of benzene rings is 2. The molecule has 1 aromatic heterocycles. The van der Waals surface area contributed by atoms with E-state index in [1.807, 2.05) is 25.2 Å². The summed E-state index contributed by atoms with van der Waals surface area (Å²) in [6.45, 7) is 10.3. The molecule has 3 aliphatic rings. The molecule has 2 saturated heterocycles. The van der Waals surface area contributed by atoms with Crippen LogP contribution in [-0.4, -0.2) is 81.9 Å². The highest BCUT2D eigenvalue weighted by atomic mass is 16.5. The maximum Gasteiger partial charge on any atom is 0.195 e. The zero-order valence-corrected chi connectivity index (χ0v) is 22.0. The van der Waals surface area contributed by atoms with E-state index in [0.717, 1.165) is 89.6 Å². The number of ketones is 1. The fraction of sp³-hybridized carbons (Fsp3) is 0.433. The monoisotopic (exact) mass is 498 g/mol. The molecule has 3 heterocycles. The Hall–Kier alpha value is -3.31. The molecule has 2 aromatic carbocycles. The van der Waals surface area contributed by atoms with Crippen LogP contribution < -0.4 is 10.2 Å². The second kappa shape index (κ2) is 9.21. The van der Waals surface area contributed by atoms with Crippen molar-refractivity contribution in [1.82, 2.24) is 9.88 Å². The smallest absolute Gasteiger partial charge is 0.195 e. The molecule has 1 aliphatic carbocycles. The number of piperazine rings is 1. The summed E-state index contributed by atoms with van der Waals surface area (Å²) in [6.07, 6.45) is 0. The van der Waals surface area contributed by atoms with E-state index in [1.165, 1.54) is 0 Å². The fourth-order valence-corrected chi connectivity index (χ4v) is 5.95. The van der Waals surface area contributed by atoms with Crippen LogP contribution in [0.4, 0.5) is 11.4 Å². The van der Waals surface area contributed by atoms with Crippen LogP contribution in [0.15, 0.2) is 30.3 Å². The Morgan fingerprint density at radius 2 is 1.95 bits per heavy atom. The number of nitrogens with one attached hydrogen (secondary N) is 2. The minimum atomic E-state index is -0.365. The van der Waals surface area contributed by atoms with Gasteiger partial charge in [-0.15, -0.1) is 0 Å². The van der Waals surface area contributed by atoms with Crippen molar-refractivity contribution >= 4 is 28.1 Å². The summed E-state index contributed by atoms with van der Waals surface area (Å²) < 4.78 is 10.6. The van der Waals surface area contributed by atoms with Crippen molar-refractivity contribution in [3.8, 4) is 11.8 Å². The number of hydrogen-bond donors (Lipinski definition) is 2. The molecule has 7 nitrogen and oxygen atoms in total. The number of hydrogen-bond acceptors (Lipinski definition) is 6. The lowest BCUT2D eigenvalue weighted by Crippen LogP contribution is -2.56. The van der Waals surface area contributed by atoms with Gasteiger partial charge < -0.3 is 24.7 Å². The van der Waals surface area contributed by atoms with Gasteiger partial charge in [0.25, 0.3) is 0 Å². The summed E-state index contributed by atoms with van der Waals surface area (Å²) in [5.41, 5.74) is 7.16. The zero-order valence-electron chi connectivity index (χ0n) is 22.0. The Balaban J connectivity index is 1.44. The van der Waals surface area contributed by atoms with E-state index in [-0.39, 0.29) is 11.2 Å². The van der Waals surface area contributed by atoms with E-state index in [0.29, 0.717) is 12.6 Å². The van der Waals surface area contributed by atoms with Gasteiger partial charge in [0.15, 0.2) is 5.78 Å². The molecule has 2 fully saturated rings. The Bertz CT molecular complexity index is 1430. The van der Waals surface area contributed by atoms with Crippen molar-refractivity contribution in [1.29, 1.82) is 0 Å². The quantitative estimate of drug-likeness (QED) is 0.536. The van der Waals surface area contributed by atoms with Crippen molar-refractivity contribution in [2.24, 2.45) is 0 Å². The van der Waals surface area contributed by atoms with Crippen molar-refractivity contribution < 1.29 is 14.3 Å². The van der Waals surface area contributed by atoms with Gasteiger partial charge in [-0.3, -0.25) is 9.69 Å². The van der Waals surface area contributed by atoms with Crippen LogP contribution in [0.25, 0.3) is 10.9 Å². The highest BCUT2D eigenvalue weighted by molar-refractivity contribution is 6.20. The first-order chi connectivity index (χ1) is 17.9. The molecule has 2 aliphatic heterocycles. The molecular weight excluding hydrogens is 464 g/mol. The first kappa shape index (κ1) is 24.1. The molecule has 0 unspecified atom stereocenters. The molecule has 0 radical (unpaired) electrons. The maximum absolute atomic E-state index is 14.0. The van der Waals surface area contributed by atoms with Gasteiger partial charge in [0.2, 0.25) is 0 Å². The largest absolute Gasteiger partial charge is 0.388 e. The molecule has 37 heavy (non-hydrogen) atoms. The molecular formula is C30H34N4O3. The number of carbonyl (C=O) groups is 1. The van der Waals surface area contributed by atoms with E-state index in [9.17, 15) is 4.79 Å². The first-order valence-electron chi connectivity index (χ1n) is 13.0. The Morgan fingerprint density at radius 3 is 2.62 bits per heavy atom. The van der Waals surface area contributed by atoms with Gasteiger partial charge in [0.05, 0.1) is 30.5 Å². The summed E-state index contributed by atoms with van der Waals surface area (Å²) in [5.74, 6) is 6.50. The lowest BCUT2D eigenvalue weighted by atomic mass is 9.70. The number of carbonyl (C=O) groups excluding carboxylic acids is 1. The molecule has 3 aromatic rings. The Morgan fingerprint density at radius 1 is 1.16 bits per heavy atom. The minimum Gasteiger partial charge on any atom is -0.388 e. The molecule has 0 spiro atoms. The van der Waals surface area contributed by atoms with Gasteiger partial charge in [-0.1, -0.05) is 31.8 Å². The molecule has 2 N–H and O–H groups in total. The third-order valence-corrected chi connectivity index (χ3v) is 8.22. The zero-order chi connectivity index (χ0) is 25.7. The van der Waals surface area contributed by atoms with E-state index >= 15 is 0 Å². The maximum atomic E-state index is 14.0. The molecule has 7 heteroatoms. The van der Waals surface area contributed by atoms with Crippen LogP contribution in [0.5, 0.6) is 0 Å². The van der Waals surface area contributed by atoms with Crippen molar-refractivity contribution in [2.75, 3.05) is 70.4 Å². The summed E-state index contributed by atoms with van der Waals surface area (Å²) in [7, 11) is 3.55. The molecule has 0 saturated carbocycles. The van der Waals surface area contributed by atoms with Crippen LogP contribution in [0, 0.1) is 11.8 Å². The van der Waals surface area contributed by atoms with Gasteiger partial charge in [-0.2, -0.15) is 0 Å². The Kier molecular flexibility index (Phi) is 5.99. The van der Waals surface area contributed by atoms with E-state index in [4.69, 9.17) is 9.47 Å². The number of nitrogens with zero attached hydrogens (tertiary/aromatic N) is 2. The van der Waals surface area contributed by atoms with Gasteiger partial charge in [-0.25, -0.2) is 0 Å². The molecule has 0 bridgehead atoms. The van der Waals surface area contributed by atoms with Gasteiger partial charge >= 0.3 is 0 Å². The van der Waals surface area contributed by atoms with Crippen LogP contribution in [0.1, 0.15) is 46.6 Å². The number of fused-ring (bicyclic) bond motifs is 4. The number of anilines is 2. The predicted molar refractivity (Wildman–Crippen MR) is 147 cm³/mol. The summed E-state index contributed by atoms with van der Waals surface area (Å²) in [6, 6.07) is 10.9. The van der Waals surface area contributed by atoms with Crippen molar-refractivity contribution in [2.45, 2.75) is 25.3 Å². The number of rotatable bonds is 4. The Labute approximate surface area is 218 Å². The van der Waals surface area contributed by atoms with Crippen LogP contribution in [0.2, 0.25) is 0 Å². The second-order valence-corrected chi connectivity index (χ2v) is 10.7. The van der Waals surface area contributed by atoms with Crippen molar-refractivity contribution in [3.05, 3.63) is 58.3 Å². The van der Waals surface area contributed by atoms with Gasteiger partial charge in [0, 0.05) is 79.2 Å². The summed E-state index contributed by atoms with van der Waals surface area (Å²) >= 11 is 0. The predicted octanol–water partition coefficient (Wildman–Crippen LogP) is 3.60. The highest BCUT2D eigenvalue weighted by Crippen LogP contribution is 2.46. The normalized spacial score (nSPS) is 19.1. The van der Waals surface area contributed by atoms with E-state index in [1.54, 1.807) is 7.11 Å². The lowest BCUT2D eigenvalue weighted by molar-refractivity contribution is -0.0660. The topological polar surface area (TPSA) is 69.8 Å². The minimum absolute atomic E-state index is 0.0592. The first-order valence-corrected chi connectivity index (χ1v) is 13.0. The van der Waals surface area contributed by atoms with Crippen molar-refractivity contribution in [3.63, 3.8) is 0 Å². The van der Waals surface area contributed by atoms with Crippen LogP contribution in [-0.2, 0) is 14.9 Å². The number of ether oxygens (including phenoxy) is 2. The standard InChI is InChI=1S/C30H34N4O3/c1-30(2)24-16-26(34-11-9-33(10-12-34)21-17-37-18-21)19(6-5-13-36-4)14-23(24)28(35)27-22-8-7-20(31-3)15-25(22)32-29(27)30/h7-8,14-16,21,31-32H,9-13,17-18H2,1-4H3. The number of aromatic amines is 1. The lowest BCUT2D eigenvalue weighted by Gasteiger charge is -2.43. The third kappa shape index (κ3) is 3.91. The summed E-state index contributed by atoms with van der Waals surface area (Å²) in [4.78, 5) is 22.6. The third-order valence-electron chi connectivity index (χ3n) is 8.22. The fourth-order valence-electron chi connectivity index (χ4n) is 5.95. The SMILES string of the molecule is CNc1ccc2c3c([nH]c2c1)C(C)(C)c1cc(N2CCN(C4COC4)CC2)c(C#CCOC)cc1C3=O. The number of methoxy groups -OCH3 is 1. The van der Waals surface area contributed by atoms with Crippen LogP contribution in [0.3, 0.4) is 0 Å². The van der Waals surface area contributed by atoms with E-state index in [2.05, 4.69) is 57.9 Å². The van der Waals surface area contributed by atoms with Gasteiger partial charge in [0.1, 0.15) is 6.61 Å². The average molecular weight is 499 g/mol. The molecule has 6 rings (SSSR count). The molecule has 0 atom stereocenters. The van der Waals surface area contributed by atoms with Gasteiger partial charge in [-0.05, 0) is 29.8 Å².